The molecule has 0 aliphatic heterocycles. The van der Waals surface area contributed by atoms with Gasteiger partial charge in [0.1, 0.15) is 0 Å². The number of nitrogens with one attached hydrogen (secondary N) is 2. The summed E-state index contributed by atoms with van der Waals surface area (Å²) in [7, 11) is 1.47. The maximum Gasteiger partial charge on any atom is 0.251 e. The van der Waals surface area contributed by atoms with Crippen LogP contribution in [0.5, 0.6) is 5.88 Å². The average Bonchev–Trinajstić information content (AvgIpc) is 2.27. The highest BCUT2D eigenvalue weighted by molar-refractivity contribution is 5.94. The lowest BCUT2D eigenvalue weighted by atomic mass is 10.2. The number of ether oxygens (including phenoxy) is 1. The van der Waals surface area contributed by atoms with E-state index in [-0.39, 0.29) is 24.6 Å². The first-order chi connectivity index (χ1) is 8.52. The second-order valence-corrected chi connectivity index (χ2v) is 3.77. The lowest BCUT2D eigenvalue weighted by Gasteiger charge is -2.10. The standard InChI is InChI=1S/C11H16N2O5/c1-18-6-8(14)2-3-12-11(17)7-4-9(15)13-10(16)5-7/h4-5,8,14H,2-3,6H2,1H3,(H,12,17)(H2,13,15,16). The molecule has 0 aliphatic carbocycles. The van der Waals surface area contributed by atoms with Crippen molar-refractivity contribution in [2.45, 2.75) is 12.5 Å². The quantitative estimate of drug-likeness (QED) is 0.533. The average molecular weight is 256 g/mol. The van der Waals surface area contributed by atoms with Gasteiger partial charge in [0.25, 0.3) is 11.5 Å². The van der Waals surface area contributed by atoms with Gasteiger partial charge in [0, 0.05) is 25.8 Å². The summed E-state index contributed by atoms with van der Waals surface area (Å²) in [6.07, 6.45) is -0.308. The molecule has 7 heteroatoms. The number of hydrogen-bond acceptors (Lipinski definition) is 5. The van der Waals surface area contributed by atoms with E-state index in [1.807, 2.05) is 0 Å². The van der Waals surface area contributed by atoms with Crippen molar-refractivity contribution in [3.63, 3.8) is 0 Å². The fourth-order valence-corrected chi connectivity index (χ4v) is 1.39. The fourth-order valence-electron chi connectivity index (χ4n) is 1.39. The summed E-state index contributed by atoms with van der Waals surface area (Å²) >= 11 is 0. The Bertz CT molecular complexity index is 457. The second kappa shape index (κ2) is 6.77. The molecule has 1 amide bonds. The maximum absolute atomic E-state index is 11.6. The number of aromatic amines is 1. The molecule has 7 nitrogen and oxygen atoms in total. The van der Waals surface area contributed by atoms with E-state index in [2.05, 4.69) is 10.3 Å². The van der Waals surface area contributed by atoms with Crippen molar-refractivity contribution in [2.75, 3.05) is 20.3 Å². The van der Waals surface area contributed by atoms with Crippen molar-refractivity contribution in [3.8, 4) is 5.88 Å². The number of aromatic hydroxyl groups is 1. The number of methoxy groups -OCH3 is 1. The largest absolute Gasteiger partial charge is 0.494 e. The summed E-state index contributed by atoms with van der Waals surface area (Å²) in [5.74, 6) is -0.854. The molecule has 4 N–H and O–H groups in total. The van der Waals surface area contributed by atoms with E-state index in [1.54, 1.807) is 0 Å². The van der Waals surface area contributed by atoms with Crippen LogP contribution >= 0.6 is 0 Å². The first kappa shape index (κ1) is 14.2. The van der Waals surface area contributed by atoms with Gasteiger partial charge in [-0.05, 0) is 6.42 Å². The van der Waals surface area contributed by atoms with Gasteiger partial charge in [-0.1, -0.05) is 0 Å². The number of rotatable bonds is 6. The Labute approximate surface area is 103 Å². The monoisotopic (exact) mass is 256 g/mol. The molecule has 100 valence electrons. The number of carbonyl (C=O) groups excluding carboxylic acids is 1. The van der Waals surface area contributed by atoms with Crippen LogP contribution in [0.25, 0.3) is 0 Å². The second-order valence-electron chi connectivity index (χ2n) is 3.77. The predicted octanol–water partition coefficient (Wildman–Crippen LogP) is -0.792. The smallest absolute Gasteiger partial charge is 0.251 e. The van der Waals surface area contributed by atoms with Crippen molar-refractivity contribution >= 4 is 5.91 Å². The summed E-state index contributed by atoms with van der Waals surface area (Å²) < 4.78 is 4.74. The van der Waals surface area contributed by atoms with Crippen LogP contribution < -0.4 is 10.9 Å². The van der Waals surface area contributed by atoms with Crippen LogP contribution in [0, 0.1) is 0 Å². The normalized spacial score (nSPS) is 12.1. The minimum absolute atomic E-state index is 0.0671. The van der Waals surface area contributed by atoms with Gasteiger partial charge in [0.05, 0.1) is 18.3 Å². The van der Waals surface area contributed by atoms with Crippen LogP contribution in [0.15, 0.2) is 16.9 Å². The zero-order valence-electron chi connectivity index (χ0n) is 9.97. The molecule has 18 heavy (non-hydrogen) atoms. The van der Waals surface area contributed by atoms with Gasteiger partial charge < -0.3 is 20.3 Å². The van der Waals surface area contributed by atoms with Crippen molar-refractivity contribution in [2.24, 2.45) is 0 Å². The van der Waals surface area contributed by atoms with Gasteiger partial charge in [0.2, 0.25) is 0 Å². The van der Waals surface area contributed by atoms with E-state index in [9.17, 15) is 14.7 Å². The third kappa shape index (κ3) is 4.56. The summed E-state index contributed by atoms with van der Waals surface area (Å²) in [6.45, 7) is 0.443. The molecule has 0 saturated heterocycles. The van der Waals surface area contributed by atoms with Crippen molar-refractivity contribution in [3.05, 3.63) is 28.0 Å². The van der Waals surface area contributed by atoms with Crippen molar-refractivity contribution < 1.29 is 19.7 Å². The molecule has 1 heterocycles. The fraction of sp³-hybridized carbons (Fsp3) is 0.455. The van der Waals surface area contributed by atoms with Gasteiger partial charge in [-0.15, -0.1) is 0 Å². The molecule has 1 aromatic rings. The number of hydrogen-bond donors (Lipinski definition) is 4. The topological polar surface area (TPSA) is 112 Å². The highest BCUT2D eigenvalue weighted by Crippen LogP contribution is 2.03. The Morgan fingerprint density at radius 2 is 2.28 bits per heavy atom. The lowest BCUT2D eigenvalue weighted by molar-refractivity contribution is 0.0587. The van der Waals surface area contributed by atoms with Crippen LogP contribution in [0.1, 0.15) is 16.8 Å². The molecule has 0 aromatic carbocycles. The van der Waals surface area contributed by atoms with E-state index in [1.165, 1.54) is 7.11 Å². The Morgan fingerprint density at radius 3 is 2.89 bits per heavy atom. The number of carbonyl (C=O) groups is 1. The molecule has 0 bridgehead atoms. The molecule has 1 aromatic heterocycles. The van der Waals surface area contributed by atoms with Crippen LogP contribution in [0.3, 0.4) is 0 Å². The highest BCUT2D eigenvalue weighted by Gasteiger charge is 2.09. The number of amides is 1. The zero-order valence-corrected chi connectivity index (χ0v) is 9.97. The summed E-state index contributed by atoms with van der Waals surface area (Å²) in [4.78, 5) is 24.8. The lowest BCUT2D eigenvalue weighted by Crippen LogP contribution is -2.29. The maximum atomic E-state index is 11.6. The number of aliphatic hydroxyl groups is 1. The molecule has 1 unspecified atom stereocenters. The molecule has 0 saturated carbocycles. The summed E-state index contributed by atoms with van der Waals surface area (Å²) in [5.41, 5.74) is -0.489. The van der Waals surface area contributed by atoms with Gasteiger partial charge in [-0.25, -0.2) is 0 Å². The van der Waals surface area contributed by atoms with E-state index in [0.717, 1.165) is 12.1 Å². The number of H-pyrrole nitrogens is 1. The van der Waals surface area contributed by atoms with Gasteiger partial charge >= 0.3 is 0 Å². The van der Waals surface area contributed by atoms with Crippen LogP contribution in [-0.2, 0) is 4.74 Å². The molecule has 0 aliphatic rings. The number of aliphatic hydroxyl groups excluding tert-OH is 1. The van der Waals surface area contributed by atoms with E-state index < -0.39 is 17.6 Å². The van der Waals surface area contributed by atoms with E-state index in [0.29, 0.717) is 6.42 Å². The van der Waals surface area contributed by atoms with Crippen LogP contribution in [0.2, 0.25) is 0 Å². The number of pyridine rings is 1. The molecule has 0 fully saturated rings. The van der Waals surface area contributed by atoms with Gasteiger partial charge in [-0.3, -0.25) is 14.6 Å². The van der Waals surface area contributed by atoms with Crippen LogP contribution in [0.4, 0.5) is 0 Å². The predicted molar refractivity (Wildman–Crippen MR) is 63.6 cm³/mol. The zero-order chi connectivity index (χ0) is 13.5. The SMILES string of the molecule is COCC(O)CCNC(=O)c1cc(O)[nH]c(=O)c1. The molecule has 1 rings (SSSR count). The van der Waals surface area contributed by atoms with Gasteiger partial charge in [0.15, 0.2) is 5.88 Å². The first-order valence-electron chi connectivity index (χ1n) is 5.41. The van der Waals surface area contributed by atoms with Gasteiger partial charge in [-0.2, -0.15) is 0 Å². The Kier molecular flexibility index (Phi) is 5.34. The summed E-state index contributed by atoms with van der Waals surface area (Å²) in [5, 5.41) is 21.0. The van der Waals surface area contributed by atoms with E-state index in [4.69, 9.17) is 9.84 Å². The summed E-state index contributed by atoms with van der Waals surface area (Å²) in [6, 6.07) is 2.24. The minimum atomic E-state index is -0.650. The molecule has 1 atom stereocenters. The molecular formula is C11H16N2O5. The Morgan fingerprint density at radius 1 is 1.56 bits per heavy atom. The van der Waals surface area contributed by atoms with Crippen molar-refractivity contribution in [1.82, 2.24) is 10.3 Å². The molecular weight excluding hydrogens is 240 g/mol. The van der Waals surface area contributed by atoms with E-state index >= 15 is 0 Å². The number of aromatic nitrogens is 1. The Balaban J connectivity index is 2.48. The minimum Gasteiger partial charge on any atom is -0.494 e. The third-order valence-electron chi connectivity index (χ3n) is 2.21. The first-order valence-corrected chi connectivity index (χ1v) is 5.41. The molecule has 0 radical (unpaired) electrons. The Hall–Kier alpha value is -1.86. The van der Waals surface area contributed by atoms with Crippen molar-refractivity contribution in [1.29, 1.82) is 0 Å². The highest BCUT2D eigenvalue weighted by atomic mass is 16.5. The third-order valence-corrected chi connectivity index (χ3v) is 2.21. The molecule has 0 spiro atoms. The van der Waals surface area contributed by atoms with Crippen LogP contribution in [-0.4, -0.2) is 47.5 Å².